The maximum atomic E-state index is 11.4. The van der Waals surface area contributed by atoms with Crippen LogP contribution in [0.5, 0.6) is 11.5 Å². The van der Waals surface area contributed by atoms with Gasteiger partial charge in [0.1, 0.15) is 17.6 Å². The van der Waals surface area contributed by atoms with Crippen LogP contribution in [-0.2, 0) is 27.4 Å². The Bertz CT molecular complexity index is 1170. The number of carboxylic acid groups (broad SMARTS) is 1. The number of ether oxygens (including phenoxy) is 3. The molecular weight excluding hydrogens is 446 g/mol. The van der Waals surface area contributed by atoms with E-state index in [0.717, 1.165) is 34.4 Å². The first-order valence-electron chi connectivity index (χ1n) is 10.7. The molecule has 178 valence electrons. The zero-order valence-electron chi connectivity index (χ0n) is 19.4. The third-order valence-electron chi connectivity index (χ3n) is 5.01. The van der Waals surface area contributed by atoms with Gasteiger partial charge in [-0.2, -0.15) is 0 Å². The normalized spacial score (nSPS) is 10.2. The highest BCUT2D eigenvalue weighted by molar-refractivity contribution is 5.91. The summed E-state index contributed by atoms with van der Waals surface area (Å²) in [5.41, 5.74) is 3.90. The van der Waals surface area contributed by atoms with Crippen LogP contribution in [0.1, 0.15) is 16.7 Å². The number of methoxy groups -OCH3 is 2. The van der Waals surface area contributed by atoms with Gasteiger partial charge in [-0.05, 0) is 65.6 Å². The summed E-state index contributed by atoms with van der Waals surface area (Å²) in [6.07, 6.45) is 3.79. The lowest BCUT2D eigenvalue weighted by Gasteiger charge is -2.25. The number of carbonyl (C=O) groups is 2. The average Bonchev–Trinajstić information content (AvgIpc) is 2.88. The van der Waals surface area contributed by atoms with Gasteiger partial charge in [-0.25, -0.2) is 9.59 Å². The van der Waals surface area contributed by atoms with Crippen molar-refractivity contribution in [1.82, 2.24) is 0 Å². The van der Waals surface area contributed by atoms with Crippen LogP contribution in [0.3, 0.4) is 0 Å². The predicted molar refractivity (Wildman–Crippen MR) is 132 cm³/mol. The Kier molecular flexibility index (Phi) is 8.92. The van der Waals surface area contributed by atoms with E-state index in [-0.39, 0.29) is 0 Å². The molecule has 0 spiro atoms. The molecule has 0 aliphatic heterocycles. The molecule has 1 N–H and O–H groups in total. The highest BCUT2D eigenvalue weighted by Gasteiger charge is 2.10. The summed E-state index contributed by atoms with van der Waals surface area (Å²) in [5.74, 6) is 2.26. The van der Waals surface area contributed by atoms with Gasteiger partial charge < -0.3 is 24.2 Å². The highest BCUT2D eigenvalue weighted by atomic mass is 16.5. The van der Waals surface area contributed by atoms with E-state index in [2.05, 4.69) is 21.7 Å². The number of benzene rings is 3. The Hall–Kier alpha value is -4.70. The van der Waals surface area contributed by atoms with Gasteiger partial charge in [0.25, 0.3) is 0 Å². The van der Waals surface area contributed by atoms with Crippen molar-refractivity contribution in [2.24, 2.45) is 0 Å². The van der Waals surface area contributed by atoms with E-state index in [1.807, 2.05) is 72.8 Å². The minimum Gasteiger partial charge on any atom is -0.497 e. The molecule has 0 radical (unpaired) electrons. The zero-order valence-corrected chi connectivity index (χ0v) is 19.4. The topological polar surface area (TPSA) is 85.3 Å². The second kappa shape index (κ2) is 12.5. The van der Waals surface area contributed by atoms with Crippen molar-refractivity contribution >= 4 is 17.6 Å². The third-order valence-corrected chi connectivity index (χ3v) is 5.01. The minimum atomic E-state index is -1.24. The van der Waals surface area contributed by atoms with Crippen LogP contribution >= 0.6 is 0 Å². The van der Waals surface area contributed by atoms with E-state index in [1.165, 1.54) is 0 Å². The molecule has 0 unspecified atom stereocenters. The molecule has 3 aromatic carbocycles. The van der Waals surface area contributed by atoms with E-state index < -0.39 is 11.9 Å². The Morgan fingerprint density at radius 2 is 1.31 bits per heavy atom. The SMILES string of the molecule is COc1ccc(CN(Cc2ccc(OC)cc2)c2ccc(C#COC(=O)/C=C\C(=O)O)cc2)cc1. The lowest BCUT2D eigenvalue weighted by atomic mass is 10.1. The fraction of sp³-hybridized carbons (Fsp3) is 0.143. The van der Waals surface area contributed by atoms with Gasteiger partial charge in [-0.1, -0.05) is 24.3 Å². The van der Waals surface area contributed by atoms with Gasteiger partial charge in [-0.15, -0.1) is 0 Å². The van der Waals surface area contributed by atoms with Crippen molar-refractivity contribution in [2.75, 3.05) is 19.1 Å². The summed E-state index contributed by atoms with van der Waals surface area (Å²) in [6, 6.07) is 23.4. The van der Waals surface area contributed by atoms with Crippen molar-refractivity contribution in [3.05, 3.63) is 102 Å². The van der Waals surface area contributed by atoms with Crippen LogP contribution in [-0.4, -0.2) is 31.3 Å². The fourth-order valence-corrected chi connectivity index (χ4v) is 3.20. The molecule has 35 heavy (non-hydrogen) atoms. The van der Waals surface area contributed by atoms with E-state index in [9.17, 15) is 9.59 Å². The Labute approximate surface area is 204 Å². The molecule has 0 saturated heterocycles. The van der Waals surface area contributed by atoms with Crippen LogP contribution in [0.15, 0.2) is 84.9 Å². The summed E-state index contributed by atoms with van der Waals surface area (Å²) in [7, 11) is 3.28. The number of hydrogen-bond acceptors (Lipinski definition) is 6. The van der Waals surface area contributed by atoms with Crippen molar-refractivity contribution in [3.8, 4) is 23.5 Å². The number of carboxylic acids is 1. The molecule has 0 heterocycles. The number of carbonyl (C=O) groups excluding carboxylic acids is 1. The Morgan fingerprint density at radius 1 is 0.800 bits per heavy atom. The van der Waals surface area contributed by atoms with Crippen LogP contribution < -0.4 is 14.4 Å². The molecule has 0 aliphatic rings. The van der Waals surface area contributed by atoms with Crippen LogP contribution in [0.2, 0.25) is 0 Å². The average molecular weight is 472 g/mol. The molecule has 0 bridgehead atoms. The lowest BCUT2D eigenvalue weighted by Crippen LogP contribution is -2.22. The van der Waals surface area contributed by atoms with Gasteiger partial charge >= 0.3 is 11.9 Å². The number of anilines is 1. The molecule has 3 rings (SSSR count). The fourth-order valence-electron chi connectivity index (χ4n) is 3.20. The first kappa shape index (κ1) is 24.9. The molecule has 0 aliphatic carbocycles. The third kappa shape index (κ3) is 7.98. The van der Waals surface area contributed by atoms with E-state index in [4.69, 9.17) is 14.6 Å². The summed E-state index contributed by atoms with van der Waals surface area (Å²) in [4.78, 5) is 24.1. The second-order valence-electron chi connectivity index (χ2n) is 7.42. The van der Waals surface area contributed by atoms with Crippen molar-refractivity contribution in [2.45, 2.75) is 13.1 Å². The second-order valence-corrected chi connectivity index (χ2v) is 7.42. The molecular formula is C28H25NO6. The van der Waals surface area contributed by atoms with E-state index in [0.29, 0.717) is 24.7 Å². The Morgan fingerprint density at radius 3 is 1.77 bits per heavy atom. The summed E-state index contributed by atoms with van der Waals surface area (Å²) in [5, 5.41) is 8.52. The number of esters is 1. The molecule has 0 amide bonds. The molecule has 0 atom stereocenters. The van der Waals surface area contributed by atoms with E-state index >= 15 is 0 Å². The standard InChI is InChI=1S/C28H25NO6/c1-33-25-11-5-22(6-12-25)19-29(20-23-7-13-26(34-2)14-8-23)24-9-3-21(4-10-24)17-18-35-28(32)16-15-27(30)31/h3-16H,19-20H2,1-2H3,(H,30,31)/b16-15-. The van der Waals surface area contributed by atoms with Crippen molar-refractivity contribution in [3.63, 3.8) is 0 Å². The lowest BCUT2D eigenvalue weighted by molar-refractivity contribution is -0.134. The van der Waals surface area contributed by atoms with Crippen molar-refractivity contribution < 1.29 is 28.9 Å². The largest absolute Gasteiger partial charge is 0.497 e. The van der Waals surface area contributed by atoms with Crippen molar-refractivity contribution in [1.29, 1.82) is 0 Å². The van der Waals surface area contributed by atoms with Gasteiger partial charge in [0.15, 0.2) is 0 Å². The maximum Gasteiger partial charge on any atom is 0.344 e. The monoisotopic (exact) mass is 471 g/mol. The van der Waals surface area contributed by atoms with Gasteiger partial charge in [0.05, 0.1) is 14.2 Å². The van der Waals surface area contributed by atoms with E-state index in [1.54, 1.807) is 14.2 Å². The predicted octanol–water partition coefficient (Wildman–Crippen LogP) is 4.40. The van der Waals surface area contributed by atoms with Gasteiger partial charge in [0.2, 0.25) is 0 Å². The van der Waals surface area contributed by atoms with Crippen LogP contribution in [0.25, 0.3) is 0 Å². The summed E-state index contributed by atoms with van der Waals surface area (Å²) >= 11 is 0. The molecule has 0 saturated carbocycles. The summed E-state index contributed by atoms with van der Waals surface area (Å²) in [6.45, 7) is 1.35. The van der Waals surface area contributed by atoms with Crippen LogP contribution in [0, 0.1) is 12.0 Å². The number of hydrogen-bond donors (Lipinski definition) is 1. The minimum absolute atomic E-state index is 0.651. The van der Waals surface area contributed by atoms with Gasteiger partial charge in [0, 0.05) is 36.5 Å². The molecule has 7 heteroatoms. The van der Waals surface area contributed by atoms with Crippen LogP contribution in [0.4, 0.5) is 5.69 Å². The maximum absolute atomic E-state index is 11.4. The molecule has 0 fully saturated rings. The first-order valence-corrected chi connectivity index (χ1v) is 10.7. The molecule has 7 nitrogen and oxygen atoms in total. The summed E-state index contributed by atoms with van der Waals surface area (Å²) < 4.78 is 15.2. The molecule has 3 aromatic rings. The number of rotatable bonds is 9. The zero-order chi connectivity index (χ0) is 25.0. The smallest absolute Gasteiger partial charge is 0.344 e. The quantitative estimate of drug-likeness (QED) is 0.281. The molecule has 0 aromatic heterocycles. The highest BCUT2D eigenvalue weighted by Crippen LogP contribution is 2.23. The first-order chi connectivity index (χ1) is 17.0. The number of aliphatic carboxylic acids is 1. The Balaban J connectivity index is 1.76. The van der Waals surface area contributed by atoms with Gasteiger partial charge in [-0.3, -0.25) is 0 Å². The number of nitrogens with zero attached hydrogens (tertiary/aromatic N) is 1.